The third kappa shape index (κ3) is 2.50. The molecule has 0 aromatic carbocycles. The molecule has 2 N–H and O–H groups in total. The molecule has 0 aromatic rings. The van der Waals surface area contributed by atoms with Gasteiger partial charge in [0.1, 0.15) is 11.3 Å². The van der Waals surface area contributed by atoms with Crippen LogP contribution in [0, 0.1) is 5.41 Å². The fourth-order valence-electron chi connectivity index (χ4n) is 2.89. The minimum Gasteiger partial charge on any atom is -0.314 e. The summed E-state index contributed by atoms with van der Waals surface area (Å²) in [4.78, 5) is 31.1. The maximum Gasteiger partial charge on any atom is 0.263 e. The Balaban J connectivity index is 2.18. The smallest absolute Gasteiger partial charge is 0.263 e. The molecule has 0 aliphatic carbocycles. The lowest BCUT2D eigenvalue weighted by atomic mass is 9.79. The maximum absolute atomic E-state index is 12.3. The first kappa shape index (κ1) is 15.1. The summed E-state index contributed by atoms with van der Waals surface area (Å²) in [6, 6.07) is -0.0308. The van der Waals surface area contributed by atoms with E-state index in [9.17, 15) is 9.59 Å². The summed E-state index contributed by atoms with van der Waals surface area (Å²) in [6.45, 7) is 9.36. The summed E-state index contributed by atoms with van der Waals surface area (Å²) in [7, 11) is 0. The average Bonchev–Trinajstić information content (AvgIpc) is 2.48. The summed E-state index contributed by atoms with van der Waals surface area (Å²) in [5.74, 6) is 0.0159. The van der Waals surface area contributed by atoms with E-state index in [-0.39, 0.29) is 17.9 Å². The predicted molar refractivity (Wildman–Crippen MR) is 77.5 cm³/mol. The second kappa shape index (κ2) is 6.01. The van der Waals surface area contributed by atoms with Gasteiger partial charge in [0.2, 0.25) is 5.91 Å². The second-order valence-corrected chi connectivity index (χ2v) is 5.51. The number of rotatable bonds is 4. The van der Waals surface area contributed by atoms with Crippen molar-refractivity contribution >= 4 is 17.6 Å². The van der Waals surface area contributed by atoms with Gasteiger partial charge in [-0.2, -0.15) is 4.99 Å². The van der Waals surface area contributed by atoms with Crippen LogP contribution in [0.5, 0.6) is 0 Å². The molecule has 0 aromatic heterocycles. The van der Waals surface area contributed by atoms with Crippen molar-refractivity contribution in [1.29, 1.82) is 0 Å². The molecule has 1 atom stereocenters. The minimum absolute atomic E-state index is 0.0308. The van der Waals surface area contributed by atoms with Crippen LogP contribution in [0.15, 0.2) is 4.99 Å². The molecule has 1 fully saturated rings. The van der Waals surface area contributed by atoms with Gasteiger partial charge in [-0.15, -0.1) is 0 Å². The Bertz CT molecular complexity index is 423. The lowest BCUT2D eigenvalue weighted by Crippen LogP contribution is -2.59. The number of aliphatic imine (C=N–C) groups is 1. The molecule has 0 radical (unpaired) electrons. The molecule has 2 rings (SSSR count). The van der Waals surface area contributed by atoms with Gasteiger partial charge in [0.05, 0.1) is 6.04 Å². The van der Waals surface area contributed by atoms with Gasteiger partial charge in [-0.1, -0.05) is 13.8 Å². The van der Waals surface area contributed by atoms with Crippen molar-refractivity contribution in [3.63, 3.8) is 0 Å². The number of piperazine rings is 1. The van der Waals surface area contributed by atoms with E-state index >= 15 is 0 Å². The number of amides is 2. The second-order valence-electron chi connectivity index (χ2n) is 5.51. The summed E-state index contributed by atoms with van der Waals surface area (Å²) in [5.41, 5.74) is -0.966. The van der Waals surface area contributed by atoms with Gasteiger partial charge in [0, 0.05) is 26.2 Å². The van der Waals surface area contributed by atoms with Gasteiger partial charge in [-0.3, -0.25) is 14.5 Å². The summed E-state index contributed by atoms with van der Waals surface area (Å²) >= 11 is 0. The van der Waals surface area contributed by atoms with E-state index in [4.69, 9.17) is 0 Å². The Kier molecular flexibility index (Phi) is 4.55. The Labute approximate surface area is 120 Å². The number of nitrogens with one attached hydrogen (secondary N) is 2. The molecule has 20 heavy (non-hydrogen) atoms. The van der Waals surface area contributed by atoms with Crippen LogP contribution in [0.25, 0.3) is 0 Å². The number of hydrogen-bond acceptors (Lipinski definition) is 4. The first-order valence-corrected chi connectivity index (χ1v) is 7.44. The third-order valence-electron chi connectivity index (χ3n) is 4.61. The average molecular weight is 280 g/mol. The fraction of sp³-hybridized carbons (Fsp3) is 0.786. The SMILES string of the molecule is CCC1(CC)C(=O)N=C(C(C)N2CCNCC2)NC1=O. The van der Waals surface area contributed by atoms with Crippen LogP contribution in [0.2, 0.25) is 0 Å². The van der Waals surface area contributed by atoms with Crippen LogP contribution in [0.3, 0.4) is 0 Å². The van der Waals surface area contributed by atoms with E-state index in [0.29, 0.717) is 18.7 Å². The Morgan fingerprint density at radius 1 is 1.25 bits per heavy atom. The normalized spacial score (nSPS) is 25.1. The highest BCUT2D eigenvalue weighted by molar-refractivity contribution is 6.19. The lowest BCUT2D eigenvalue weighted by molar-refractivity contribution is -0.142. The summed E-state index contributed by atoms with van der Waals surface area (Å²) in [5, 5.41) is 6.15. The van der Waals surface area contributed by atoms with Crippen LogP contribution in [-0.2, 0) is 9.59 Å². The number of carbonyl (C=O) groups is 2. The van der Waals surface area contributed by atoms with Crippen LogP contribution in [-0.4, -0.2) is 54.8 Å². The molecule has 0 saturated carbocycles. The zero-order chi connectivity index (χ0) is 14.8. The maximum atomic E-state index is 12.3. The first-order chi connectivity index (χ1) is 9.55. The minimum atomic E-state index is -0.966. The Hall–Kier alpha value is -1.27. The number of hydrogen-bond donors (Lipinski definition) is 2. The molecule has 2 amide bonds. The van der Waals surface area contributed by atoms with Crippen molar-refractivity contribution in [2.75, 3.05) is 26.2 Å². The number of amidine groups is 1. The molecule has 6 nitrogen and oxygen atoms in total. The van der Waals surface area contributed by atoms with Crippen LogP contribution in [0.4, 0.5) is 0 Å². The Morgan fingerprint density at radius 2 is 1.85 bits per heavy atom. The summed E-state index contributed by atoms with van der Waals surface area (Å²) in [6.07, 6.45) is 0.986. The van der Waals surface area contributed by atoms with Gasteiger partial charge in [-0.25, -0.2) is 0 Å². The Morgan fingerprint density at radius 3 is 2.35 bits per heavy atom. The standard InChI is InChI=1S/C14H24N4O2/c1-4-14(5-2)12(19)16-11(17-13(14)20)10(3)18-8-6-15-7-9-18/h10,15H,4-9H2,1-3H3,(H,16,17,19,20). The van der Waals surface area contributed by atoms with Crippen molar-refractivity contribution in [2.24, 2.45) is 10.4 Å². The highest BCUT2D eigenvalue weighted by atomic mass is 16.2. The zero-order valence-electron chi connectivity index (χ0n) is 12.5. The largest absolute Gasteiger partial charge is 0.314 e. The molecule has 6 heteroatoms. The van der Waals surface area contributed by atoms with Crippen LogP contribution in [0.1, 0.15) is 33.6 Å². The molecule has 112 valence electrons. The van der Waals surface area contributed by atoms with E-state index in [1.807, 2.05) is 20.8 Å². The van der Waals surface area contributed by atoms with E-state index in [1.54, 1.807) is 0 Å². The van der Waals surface area contributed by atoms with Gasteiger partial charge >= 0.3 is 0 Å². The topological polar surface area (TPSA) is 73.8 Å². The molecule has 0 spiro atoms. The molecular formula is C14H24N4O2. The molecule has 0 bridgehead atoms. The molecule has 2 heterocycles. The molecule has 1 unspecified atom stereocenters. The van der Waals surface area contributed by atoms with Crippen LogP contribution < -0.4 is 10.6 Å². The van der Waals surface area contributed by atoms with Crippen molar-refractivity contribution in [3.05, 3.63) is 0 Å². The molecule has 1 saturated heterocycles. The van der Waals surface area contributed by atoms with E-state index in [1.165, 1.54) is 0 Å². The van der Waals surface area contributed by atoms with Crippen molar-refractivity contribution in [2.45, 2.75) is 39.7 Å². The van der Waals surface area contributed by atoms with Gasteiger partial charge in [0.15, 0.2) is 0 Å². The van der Waals surface area contributed by atoms with Gasteiger partial charge in [-0.05, 0) is 19.8 Å². The third-order valence-corrected chi connectivity index (χ3v) is 4.61. The van der Waals surface area contributed by atoms with Crippen molar-refractivity contribution < 1.29 is 9.59 Å². The van der Waals surface area contributed by atoms with E-state index in [0.717, 1.165) is 26.2 Å². The predicted octanol–water partition coefficient (Wildman–Crippen LogP) is 0.141. The van der Waals surface area contributed by atoms with Crippen molar-refractivity contribution in [1.82, 2.24) is 15.5 Å². The van der Waals surface area contributed by atoms with Gasteiger partial charge < -0.3 is 10.6 Å². The highest BCUT2D eigenvalue weighted by Crippen LogP contribution is 2.31. The van der Waals surface area contributed by atoms with Gasteiger partial charge in [0.25, 0.3) is 5.91 Å². The molecular weight excluding hydrogens is 256 g/mol. The first-order valence-electron chi connectivity index (χ1n) is 7.44. The lowest BCUT2D eigenvalue weighted by Gasteiger charge is -2.37. The monoisotopic (exact) mass is 280 g/mol. The van der Waals surface area contributed by atoms with E-state index < -0.39 is 5.41 Å². The fourth-order valence-corrected chi connectivity index (χ4v) is 2.89. The number of carbonyl (C=O) groups excluding carboxylic acids is 2. The number of nitrogens with zero attached hydrogens (tertiary/aromatic N) is 2. The van der Waals surface area contributed by atoms with E-state index in [2.05, 4.69) is 20.5 Å². The molecule has 2 aliphatic rings. The van der Waals surface area contributed by atoms with Crippen LogP contribution >= 0.6 is 0 Å². The van der Waals surface area contributed by atoms with Crippen molar-refractivity contribution in [3.8, 4) is 0 Å². The quantitative estimate of drug-likeness (QED) is 0.719. The summed E-state index contributed by atoms with van der Waals surface area (Å²) < 4.78 is 0. The molecule has 2 aliphatic heterocycles. The zero-order valence-corrected chi connectivity index (χ0v) is 12.5. The highest BCUT2D eigenvalue weighted by Gasteiger charge is 2.46.